The molecule has 0 saturated heterocycles. The van der Waals surface area contributed by atoms with Crippen LogP contribution in [0, 0.1) is 10.5 Å². The van der Waals surface area contributed by atoms with Crippen LogP contribution < -0.4 is 5.32 Å². The molecule has 2 N–H and O–H groups in total. The third kappa shape index (κ3) is 6.33. The number of carboxylic acid groups (broad SMARTS) is 1. The van der Waals surface area contributed by atoms with Crippen molar-refractivity contribution >= 4 is 34.7 Å². The van der Waals surface area contributed by atoms with Gasteiger partial charge < -0.3 is 15.2 Å². The number of hydrogen-bond donors (Lipinski definition) is 2. The van der Waals surface area contributed by atoms with E-state index < -0.39 is 23.7 Å². The second-order valence-corrected chi connectivity index (χ2v) is 6.97. The zero-order chi connectivity index (χ0) is 16.2. The average Bonchev–Trinajstić information content (AvgIpc) is 2.28. The van der Waals surface area contributed by atoms with Gasteiger partial charge in [0.05, 0.1) is 12.5 Å². The minimum Gasteiger partial charge on any atom is -0.481 e. The van der Waals surface area contributed by atoms with E-state index in [-0.39, 0.29) is 6.42 Å². The van der Waals surface area contributed by atoms with Crippen LogP contribution in [0.25, 0.3) is 0 Å². The number of carbonyl (C=O) groups excluding carboxylic acids is 1. The molecule has 1 rings (SSSR count). The van der Waals surface area contributed by atoms with Crippen molar-refractivity contribution in [2.24, 2.45) is 0 Å². The lowest BCUT2D eigenvalue weighted by Crippen LogP contribution is -2.35. The van der Waals surface area contributed by atoms with Gasteiger partial charge in [-0.1, -0.05) is 12.1 Å². The van der Waals surface area contributed by atoms with Gasteiger partial charge in [0.15, 0.2) is 0 Å². The summed E-state index contributed by atoms with van der Waals surface area (Å²) in [6, 6.07) is 4.98. The molecule has 0 heterocycles. The van der Waals surface area contributed by atoms with E-state index in [9.17, 15) is 9.59 Å². The van der Waals surface area contributed by atoms with Gasteiger partial charge in [0, 0.05) is 3.57 Å². The van der Waals surface area contributed by atoms with Crippen LogP contribution in [0.2, 0.25) is 0 Å². The van der Waals surface area contributed by atoms with Crippen LogP contribution in [0.4, 0.5) is 4.79 Å². The Kier molecular flexibility index (Phi) is 6.00. The summed E-state index contributed by atoms with van der Waals surface area (Å²) in [6.45, 7) is 7.24. The molecule has 0 radical (unpaired) electrons. The molecule has 1 atom stereocenters. The molecule has 0 spiro atoms. The number of carboxylic acids is 1. The fraction of sp³-hybridized carbons (Fsp3) is 0.467. The van der Waals surface area contributed by atoms with Crippen molar-refractivity contribution in [2.45, 2.75) is 45.8 Å². The van der Waals surface area contributed by atoms with Crippen molar-refractivity contribution in [2.75, 3.05) is 0 Å². The number of hydrogen-bond acceptors (Lipinski definition) is 3. The van der Waals surface area contributed by atoms with E-state index in [1.165, 1.54) is 0 Å². The van der Waals surface area contributed by atoms with Gasteiger partial charge in [0.25, 0.3) is 0 Å². The maximum absolute atomic E-state index is 11.8. The van der Waals surface area contributed by atoms with Crippen LogP contribution in [0.1, 0.15) is 44.4 Å². The molecular formula is C15H20INO4. The number of aryl methyl sites for hydroxylation is 1. The highest BCUT2D eigenvalue weighted by molar-refractivity contribution is 14.1. The number of benzene rings is 1. The summed E-state index contributed by atoms with van der Waals surface area (Å²) in [4.78, 5) is 22.9. The minimum atomic E-state index is -0.980. The van der Waals surface area contributed by atoms with E-state index in [0.717, 1.165) is 14.7 Å². The van der Waals surface area contributed by atoms with Crippen molar-refractivity contribution in [1.29, 1.82) is 0 Å². The fourth-order valence-electron chi connectivity index (χ4n) is 1.70. The molecule has 0 bridgehead atoms. The Morgan fingerprint density at radius 3 is 2.48 bits per heavy atom. The number of alkyl carbamates (subject to hydrolysis) is 1. The molecule has 0 aliphatic heterocycles. The number of amides is 1. The molecule has 6 heteroatoms. The van der Waals surface area contributed by atoms with E-state index in [2.05, 4.69) is 27.9 Å². The van der Waals surface area contributed by atoms with Crippen LogP contribution in [-0.4, -0.2) is 22.8 Å². The number of carbonyl (C=O) groups is 2. The summed E-state index contributed by atoms with van der Waals surface area (Å²) in [7, 11) is 0. The second-order valence-electron chi connectivity index (χ2n) is 5.81. The molecule has 0 saturated carbocycles. The Morgan fingerprint density at radius 2 is 2.00 bits per heavy atom. The molecule has 0 aliphatic rings. The van der Waals surface area contributed by atoms with Crippen molar-refractivity contribution in [3.05, 3.63) is 32.9 Å². The predicted molar refractivity (Wildman–Crippen MR) is 88.3 cm³/mol. The van der Waals surface area contributed by atoms with Gasteiger partial charge >= 0.3 is 12.1 Å². The van der Waals surface area contributed by atoms with E-state index >= 15 is 0 Å². The maximum Gasteiger partial charge on any atom is 0.408 e. The highest BCUT2D eigenvalue weighted by atomic mass is 127. The number of halogens is 1. The first-order valence-corrected chi connectivity index (χ1v) is 7.64. The zero-order valence-electron chi connectivity index (χ0n) is 12.6. The molecule has 5 nitrogen and oxygen atoms in total. The quantitative estimate of drug-likeness (QED) is 0.751. The molecule has 1 aromatic carbocycles. The lowest BCUT2D eigenvalue weighted by Gasteiger charge is -2.23. The molecule has 0 aromatic heterocycles. The largest absolute Gasteiger partial charge is 0.481 e. The Balaban J connectivity index is 2.92. The summed E-state index contributed by atoms with van der Waals surface area (Å²) < 4.78 is 6.20. The van der Waals surface area contributed by atoms with Gasteiger partial charge in [-0.3, -0.25) is 4.79 Å². The molecule has 0 unspecified atom stereocenters. The van der Waals surface area contributed by atoms with E-state index in [1.54, 1.807) is 20.8 Å². The zero-order valence-corrected chi connectivity index (χ0v) is 14.7. The molecule has 1 amide bonds. The normalized spacial score (nSPS) is 12.6. The Labute approximate surface area is 138 Å². The monoisotopic (exact) mass is 405 g/mol. The van der Waals surface area contributed by atoms with Gasteiger partial charge in [0.2, 0.25) is 0 Å². The molecular weight excluding hydrogens is 385 g/mol. The number of ether oxygens (including phenoxy) is 1. The SMILES string of the molecule is Cc1ccc([C@H](CC(=O)O)NC(=O)OC(C)(C)C)cc1I. The van der Waals surface area contributed by atoms with E-state index in [4.69, 9.17) is 9.84 Å². The molecule has 21 heavy (non-hydrogen) atoms. The van der Waals surface area contributed by atoms with Crippen LogP contribution in [0.3, 0.4) is 0 Å². The maximum atomic E-state index is 11.8. The summed E-state index contributed by atoms with van der Waals surface area (Å²) in [5, 5.41) is 11.6. The predicted octanol–water partition coefficient (Wildman–Crippen LogP) is 3.64. The van der Waals surface area contributed by atoms with Gasteiger partial charge in [-0.15, -0.1) is 0 Å². The van der Waals surface area contributed by atoms with Crippen LogP contribution >= 0.6 is 22.6 Å². The third-order valence-electron chi connectivity index (χ3n) is 2.67. The van der Waals surface area contributed by atoms with Crippen molar-refractivity contribution in [3.63, 3.8) is 0 Å². The van der Waals surface area contributed by atoms with Crippen molar-refractivity contribution < 1.29 is 19.4 Å². The highest BCUT2D eigenvalue weighted by Crippen LogP contribution is 2.22. The first kappa shape index (κ1) is 17.7. The average molecular weight is 405 g/mol. The topological polar surface area (TPSA) is 75.6 Å². The third-order valence-corrected chi connectivity index (χ3v) is 3.83. The van der Waals surface area contributed by atoms with Crippen LogP contribution in [0.15, 0.2) is 18.2 Å². The molecule has 116 valence electrons. The molecule has 0 aliphatic carbocycles. The standard InChI is InChI=1S/C15H20INO4/c1-9-5-6-10(7-11(9)16)12(8-13(18)19)17-14(20)21-15(2,3)4/h5-7,12H,8H2,1-4H3,(H,17,20)(H,18,19)/t12-/m0/s1. The highest BCUT2D eigenvalue weighted by Gasteiger charge is 2.22. The Hall–Kier alpha value is -1.31. The number of aliphatic carboxylic acids is 1. The summed E-state index contributed by atoms with van der Waals surface area (Å²) in [5.74, 6) is -0.980. The van der Waals surface area contributed by atoms with Gasteiger partial charge in [-0.2, -0.15) is 0 Å². The second kappa shape index (κ2) is 7.11. The van der Waals surface area contributed by atoms with Crippen molar-refractivity contribution in [3.8, 4) is 0 Å². The lowest BCUT2D eigenvalue weighted by molar-refractivity contribution is -0.137. The van der Waals surface area contributed by atoms with E-state index in [0.29, 0.717) is 0 Å². The first-order chi connectivity index (χ1) is 9.58. The molecule has 0 fully saturated rings. The Bertz CT molecular complexity index is 537. The summed E-state index contributed by atoms with van der Waals surface area (Å²) in [6.07, 6.45) is -0.817. The summed E-state index contributed by atoms with van der Waals surface area (Å²) in [5.41, 5.74) is 1.23. The van der Waals surface area contributed by atoms with E-state index in [1.807, 2.05) is 25.1 Å². The van der Waals surface area contributed by atoms with Crippen molar-refractivity contribution in [1.82, 2.24) is 5.32 Å². The molecule has 1 aromatic rings. The van der Waals surface area contributed by atoms with Crippen LogP contribution in [0.5, 0.6) is 0 Å². The smallest absolute Gasteiger partial charge is 0.408 e. The Morgan fingerprint density at radius 1 is 1.38 bits per heavy atom. The first-order valence-electron chi connectivity index (χ1n) is 6.56. The van der Waals surface area contributed by atoms with Gasteiger partial charge in [-0.25, -0.2) is 4.79 Å². The van der Waals surface area contributed by atoms with Gasteiger partial charge in [-0.05, 0) is 67.5 Å². The number of rotatable bonds is 4. The fourth-order valence-corrected chi connectivity index (χ4v) is 2.24. The minimum absolute atomic E-state index is 0.196. The summed E-state index contributed by atoms with van der Waals surface area (Å²) >= 11 is 2.18. The lowest BCUT2D eigenvalue weighted by atomic mass is 10.0. The van der Waals surface area contributed by atoms with Gasteiger partial charge in [0.1, 0.15) is 5.60 Å². The van der Waals surface area contributed by atoms with Crippen LogP contribution in [-0.2, 0) is 9.53 Å². The number of nitrogens with one attached hydrogen (secondary N) is 1.